The first-order valence-electron chi connectivity index (χ1n) is 8.35. The molecule has 132 valence electrons. The van der Waals surface area contributed by atoms with Crippen LogP contribution in [0.25, 0.3) is 16.5 Å². The maximum Gasteiger partial charge on any atom is 0.252 e. The quantitative estimate of drug-likeness (QED) is 0.814. The van der Waals surface area contributed by atoms with Crippen LogP contribution < -0.4 is 5.32 Å². The van der Waals surface area contributed by atoms with Crippen molar-refractivity contribution in [3.63, 3.8) is 0 Å². The Morgan fingerprint density at radius 3 is 2.92 bits per heavy atom. The Hall–Kier alpha value is -2.34. The number of alkyl halides is 2. The van der Waals surface area contributed by atoms with Crippen LogP contribution in [0.1, 0.15) is 41.6 Å². The second-order valence-electron chi connectivity index (χ2n) is 6.22. The van der Waals surface area contributed by atoms with E-state index >= 15 is 0 Å². The molecular formula is C19H20F2N2O2. The molecule has 1 amide bonds. The van der Waals surface area contributed by atoms with Crippen LogP contribution in [-0.2, 0) is 0 Å². The number of hydrogen-bond donors (Lipinski definition) is 2. The van der Waals surface area contributed by atoms with Crippen LogP contribution in [-0.4, -0.2) is 35.1 Å². The normalized spacial score (nSPS) is 16.5. The number of nitrogens with zero attached hydrogens (tertiary/aromatic N) is 1. The first-order chi connectivity index (χ1) is 12.0. The minimum atomic E-state index is -2.62. The highest BCUT2D eigenvalue weighted by atomic mass is 19.3. The van der Waals surface area contributed by atoms with Crippen molar-refractivity contribution >= 4 is 22.4 Å². The zero-order chi connectivity index (χ0) is 17.9. The number of nitrogens with one attached hydrogen (secondary N) is 1. The topological polar surface area (TPSA) is 62.2 Å². The lowest BCUT2D eigenvalue weighted by atomic mass is 9.90. The van der Waals surface area contributed by atoms with Gasteiger partial charge in [-0.05, 0) is 24.5 Å². The van der Waals surface area contributed by atoms with Gasteiger partial charge in [-0.15, -0.1) is 0 Å². The van der Waals surface area contributed by atoms with Crippen LogP contribution in [0.3, 0.4) is 0 Å². The average Bonchev–Trinajstić information content (AvgIpc) is 2.61. The summed E-state index contributed by atoms with van der Waals surface area (Å²) in [5.41, 5.74) is 2.88. The summed E-state index contributed by atoms with van der Waals surface area (Å²) in [6.07, 6.45) is 3.51. The smallest absolute Gasteiger partial charge is 0.252 e. The Bertz CT molecular complexity index is 818. The minimum absolute atomic E-state index is 0.0216. The molecule has 0 saturated heterocycles. The fourth-order valence-electron chi connectivity index (χ4n) is 2.97. The number of amides is 1. The lowest BCUT2D eigenvalue weighted by Crippen LogP contribution is -2.25. The summed E-state index contributed by atoms with van der Waals surface area (Å²) >= 11 is 0. The summed E-state index contributed by atoms with van der Waals surface area (Å²) < 4.78 is 26.7. The number of hydrogen-bond acceptors (Lipinski definition) is 3. The molecule has 0 atom stereocenters. The molecule has 0 bridgehead atoms. The molecule has 1 aliphatic carbocycles. The highest BCUT2D eigenvalue weighted by Gasteiger charge is 2.31. The number of fused-ring (bicyclic) bond motifs is 1. The molecule has 4 nitrogen and oxygen atoms in total. The van der Waals surface area contributed by atoms with Crippen molar-refractivity contribution in [1.82, 2.24) is 10.3 Å². The molecule has 0 saturated carbocycles. The molecule has 3 rings (SSSR count). The predicted molar refractivity (Wildman–Crippen MR) is 92.6 cm³/mol. The summed E-state index contributed by atoms with van der Waals surface area (Å²) in [4.78, 5) is 16.5. The second kappa shape index (κ2) is 7.27. The third-order valence-electron chi connectivity index (χ3n) is 4.35. The van der Waals surface area contributed by atoms with E-state index in [2.05, 4.69) is 10.3 Å². The van der Waals surface area contributed by atoms with Crippen LogP contribution in [0.5, 0.6) is 0 Å². The zero-order valence-electron chi connectivity index (χ0n) is 13.8. The van der Waals surface area contributed by atoms with Gasteiger partial charge in [0.05, 0.1) is 11.1 Å². The van der Waals surface area contributed by atoms with E-state index in [0.29, 0.717) is 30.5 Å². The number of halogens is 2. The number of benzene rings is 1. The van der Waals surface area contributed by atoms with Gasteiger partial charge in [0, 0.05) is 43.1 Å². The van der Waals surface area contributed by atoms with E-state index in [9.17, 15) is 13.6 Å². The third kappa shape index (κ3) is 4.02. The van der Waals surface area contributed by atoms with E-state index in [1.54, 1.807) is 12.1 Å². The molecule has 1 aromatic heterocycles. The van der Waals surface area contributed by atoms with Crippen molar-refractivity contribution in [3.05, 3.63) is 47.7 Å². The van der Waals surface area contributed by atoms with Gasteiger partial charge < -0.3 is 10.4 Å². The van der Waals surface area contributed by atoms with Gasteiger partial charge in [-0.3, -0.25) is 9.78 Å². The molecule has 0 fully saturated rings. The number of carbonyl (C=O) groups excluding carboxylic acids is 1. The van der Waals surface area contributed by atoms with Crippen LogP contribution >= 0.6 is 0 Å². The Morgan fingerprint density at radius 2 is 2.20 bits per heavy atom. The highest BCUT2D eigenvalue weighted by Crippen LogP contribution is 2.37. The van der Waals surface area contributed by atoms with Crippen molar-refractivity contribution in [2.45, 2.75) is 31.6 Å². The molecule has 1 aromatic carbocycles. The number of aromatic nitrogens is 1. The summed E-state index contributed by atoms with van der Waals surface area (Å²) in [5, 5.41) is 12.3. The zero-order valence-corrected chi connectivity index (χ0v) is 13.8. The van der Waals surface area contributed by atoms with E-state index in [4.69, 9.17) is 5.11 Å². The standard InChI is InChI=1S/C19H20F2N2O2/c20-19(21)7-5-13(6-8-19)16-4-1-3-14-11-15(12-23-17(14)16)18(25)22-9-2-10-24/h1,3-5,11-12,24H,2,6-10H2,(H,22,25). The summed E-state index contributed by atoms with van der Waals surface area (Å²) in [5.74, 6) is -2.87. The van der Waals surface area contributed by atoms with Crippen molar-refractivity contribution in [3.8, 4) is 0 Å². The second-order valence-corrected chi connectivity index (χ2v) is 6.22. The molecule has 0 radical (unpaired) electrons. The Kier molecular flexibility index (Phi) is 5.08. The van der Waals surface area contributed by atoms with Crippen LogP contribution in [0, 0.1) is 0 Å². The summed E-state index contributed by atoms with van der Waals surface area (Å²) in [7, 11) is 0. The molecule has 1 heterocycles. The predicted octanol–water partition coefficient (Wildman–Crippen LogP) is 3.55. The lowest BCUT2D eigenvalue weighted by Gasteiger charge is -2.22. The third-order valence-corrected chi connectivity index (χ3v) is 4.35. The van der Waals surface area contributed by atoms with Crippen LogP contribution in [0.15, 0.2) is 36.5 Å². The van der Waals surface area contributed by atoms with Gasteiger partial charge in [0.25, 0.3) is 11.8 Å². The Balaban J connectivity index is 1.88. The first-order valence-corrected chi connectivity index (χ1v) is 8.35. The van der Waals surface area contributed by atoms with E-state index in [-0.39, 0.29) is 25.4 Å². The van der Waals surface area contributed by atoms with Gasteiger partial charge in [-0.1, -0.05) is 24.3 Å². The fourth-order valence-corrected chi connectivity index (χ4v) is 2.97. The first kappa shape index (κ1) is 17.5. The number of aliphatic hydroxyl groups excluding tert-OH is 1. The highest BCUT2D eigenvalue weighted by molar-refractivity contribution is 5.99. The number of para-hydroxylation sites is 1. The molecule has 25 heavy (non-hydrogen) atoms. The van der Waals surface area contributed by atoms with Crippen LogP contribution in [0.2, 0.25) is 0 Å². The van der Waals surface area contributed by atoms with E-state index in [1.807, 2.05) is 18.2 Å². The Morgan fingerprint density at radius 1 is 1.36 bits per heavy atom. The Labute approximate surface area is 144 Å². The van der Waals surface area contributed by atoms with Gasteiger partial charge in [-0.2, -0.15) is 0 Å². The maximum atomic E-state index is 13.4. The number of carbonyl (C=O) groups is 1. The number of pyridine rings is 1. The van der Waals surface area contributed by atoms with Gasteiger partial charge in [0.2, 0.25) is 0 Å². The van der Waals surface area contributed by atoms with Crippen molar-refractivity contribution in [1.29, 1.82) is 0 Å². The molecule has 0 spiro atoms. The van der Waals surface area contributed by atoms with E-state index in [1.165, 1.54) is 6.20 Å². The lowest BCUT2D eigenvalue weighted by molar-refractivity contribution is -0.00602. The largest absolute Gasteiger partial charge is 0.396 e. The van der Waals surface area contributed by atoms with Gasteiger partial charge in [-0.25, -0.2) is 8.78 Å². The number of allylic oxidation sites excluding steroid dienone is 2. The van der Waals surface area contributed by atoms with Crippen molar-refractivity contribution in [2.24, 2.45) is 0 Å². The van der Waals surface area contributed by atoms with E-state index in [0.717, 1.165) is 16.5 Å². The molecule has 6 heteroatoms. The fraction of sp³-hybridized carbons (Fsp3) is 0.368. The SMILES string of the molecule is O=C(NCCCO)c1cnc2c(C3=CCC(F)(F)CC3)cccc2c1. The molecule has 2 N–H and O–H groups in total. The maximum absolute atomic E-state index is 13.4. The van der Waals surface area contributed by atoms with E-state index < -0.39 is 5.92 Å². The number of aliphatic hydroxyl groups is 1. The number of rotatable bonds is 5. The van der Waals surface area contributed by atoms with Crippen molar-refractivity contribution in [2.75, 3.05) is 13.2 Å². The summed E-state index contributed by atoms with van der Waals surface area (Å²) in [6.45, 7) is 0.419. The van der Waals surface area contributed by atoms with Crippen molar-refractivity contribution < 1.29 is 18.7 Å². The molecular weight excluding hydrogens is 326 g/mol. The molecule has 1 aliphatic rings. The van der Waals surface area contributed by atoms with Gasteiger partial charge >= 0.3 is 0 Å². The molecule has 0 unspecified atom stereocenters. The average molecular weight is 346 g/mol. The minimum Gasteiger partial charge on any atom is -0.396 e. The van der Waals surface area contributed by atoms with Crippen LogP contribution in [0.4, 0.5) is 8.78 Å². The molecule has 0 aliphatic heterocycles. The van der Waals surface area contributed by atoms with Gasteiger partial charge in [0.1, 0.15) is 0 Å². The monoisotopic (exact) mass is 346 g/mol. The molecule has 2 aromatic rings. The van der Waals surface area contributed by atoms with Gasteiger partial charge in [0.15, 0.2) is 0 Å². The summed E-state index contributed by atoms with van der Waals surface area (Å²) in [6, 6.07) is 7.33.